The van der Waals surface area contributed by atoms with Crippen LogP contribution in [-0.4, -0.2) is 29.4 Å². The molecule has 2 amide bonds. The topological polar surface area (TPSA) is 58.6 Å². The summed E-state index contributed by atoms with van der Waals surface area (Å²) in [5.41, 5.74) is 5.78. The van der Waals surface area contributed by atoms with E-state index in [2.05, 4.69) is 36.5 Å². The lowest BCUT2D eigenvalue weighted by Gasteiger charge is -2.38. The molecule has 1 aliphatic rings. The summed E-state index contributed by atoms with van der Waals surface area (Å²) in [5, 5.41) is 2.89. The molecule has 0 fully saturated rings. The minimum atomic E-state index is -0.693. The molecule has 37 heavy (non-hydrogen) atoms. The monoisotopic (exact) mass is 490 g/mol. The molecule has 1 heterocycles. The van der Waals surface area contributed by atoms with Crippen molar-refractivity contribution < 1.29 is 14.3 Å². The van der Waals surface area contributed by atoms with Crippen molar-refractivity contribution in [3.8, 4) is 5.75 Å². The van der Waals surface area contributed by atoms with Gasteiger partial charge in [-0.05, 0) is 73.4 Å². The Morgan fingerprint density at radius 1 is 0.892 bits per heavy atom. The van der Waals surface area contributed by atoms with Gasteiger partial charge in [0.15, 0.2) is 6.10 Å². The molecule has 0 saturated heterocycles. The predicted octanol–water partition coefficient (Wildman–Crippen LogP) is 6.19. The van der Waals surface area contributed by atoms with E-state index >= 15 is 0 Å². The van der Waals surface area contributed by atoms with Crippen molar-refractivity contribution in [3.63, 3.8) is 0 Å². The van der Waals surface area contributed by atoms with Crippen LogP contribution in [0.1, 0.15) is 45.6 Å². The van der Waals surface area contributed by atoms with E-state index in [9.17, 15) is 9.59 Å². The van der Waals surface area contributed by atoms with E-state index in [0.29, 0.717) is 17.9 Å². The molecule has 5 rings (SSSR count). The van der Waals surface area contributed by atoms with Gasteiger partial charge < -0.3 is 15.0 Å². The minimum absolute atomic E-state index is 0.000292. The van der Waals surface area contributed by atoms with Crippen molar-refractivity contribution in [2.45, 2.75) is 32.4 Å². The number of carbonyl (C=O) groups excluding carboxylic acids is 2. The SMILES string of the molecule is Cc1cccc([C@@H]2c3cc(O[C@H](C)C(=O)Nc4ccccc4)ccc3CCN2C(=O)c2ccccc2)c1. The Kier molecular flexibility index (Phi) is 7.04. The maximum absolute atomic E-state index is 13.6. The van der Waals surface area contributed by atoms with Gasteiger partial charge in [0.2, 0.25) is 0 Å². The number of nitrogens with one attached hydrogen (secondary N) is 1. The summed E-state index contributed by atoms with van der Waals surface area (Å²) in [6.45, 7) is 4.42. The molecule has 5 heteroatoms. The number of fused-ring (bicyclic) bond motifs is 1. The molecular weight excluding hydrogens is 460 g/mol. The molecule has 1 N–H and O–H groups in total. The van der Waals surface area contributed by atoms with Gasteiger partial charge >= 0.3 is 0 Å². The molecule has 4 aromatic rings. The third-order valence-electron chi connectivity index (χ3n) is 6.71. The Hall–Kier alpha value is -4.38. The molecule has 1 aliphatic heterocycles. The maximum Gasteiger partial charge on any atom is 0.265 e. The fourth-order valence-corrected chi connectivity index (χ4v) is 4.85. The second kappa shape index (κ2) is 10.7. The molecule has 0 unspecified atom stereocenters. The zero-order valence-corrected chi connectivity index (χ0v) is 21.1. The molecule has 5 nitrogen and oxygen atoms in total. The van der Waals surface area contributed by atoms with Crippen LogP contribution in [0, 0.1) is 6.92 Å². The highest BCUT2D eigenvalue weighted by atomic mass is 16.5. The van der Waals surface area contributed by atoms with E-state index in [0.717, 1.165) is 28.8 Å². The van der Waals surface area contributed by atoms with E-state index < -0.39 is 6.10 Å². The lowest BCUT2D eigenvalue weighted by atomic mass is 9.87. The van der Waals surface area contributed by atoms with Crippen LogP contribution >= 0.6 is 0 Å². The van der Waals surface area contributed by atoms with Gasteiger partial charge in [-0.15, -0.1) is 0 Å². The van der Waals surface area contributed by atoms with E-state index in [-0.39, 0.29) is 17.9 Å². The first-order valence-corrected chi connectivity index (χ1v) is 12.6. The zero-order chi connectivity index (χ0) is 25.8. The summed E-state index contributed by atoms with van der Waals surface area (Å²) in [6.07, 6.45) is 0.0573. The van der Waals surface area contributed by atoms with Gasteiger partial charge in [-0.2, -0.15) is 0 Å². The minimum Gasteiger partial charge on any atom is -0.481 e. The van der Waals surface area contributed by atoms with Gasteiger partial charge in [0.1, 0.15) is 5.75 Å². The van der Waals surface area contributed by atoms with Gasteiger partial charge in [-0.3, -0.25) is 9.59 Å². The largest absolute Gasteiger partial charge is 0.481 e. The summed E-state index contributed by atoms with van der Waals surface area (Å²) in [6, 6.07) is 32.7. The van der Waals surface area contributed by atoms with Gasteiger partial charge in [0, 0.05) is 17.8 Å². The third-order valence-corrected chi connectivity index (χ3v) is 6.71. The van der Waals surface area contributed by atoms with Gasteiger partial charge in [-0.1, -0.05) is 72.3 Å². The molecule has 0 aromatic heterocycles. The van der Waals surface area contributed by atoms with Crippen molar-refractivity contribution in [2.75, 3.05) is 11.9 Å². The standard InChI is InChI=1S/C32H30N2O3/c1-22-10-9-13-26(20-22)30-29-21-28(37-23(2)31(35)33-27-14-7-4-8-15-27)17-16-24(29)18-19-34(30)32(36)25-11-5-3-6-12-25/h3-17,20-21,23,30H,18-19H2,1-2H3,(H,33,35)/t23-,30-/m1/s1. The van der Waals surface area contributed by atoms with E-state index in [1.807, 2.05) is 83.8 Å². The molecule has 0 aliphatic carbocycles. The van der Waals surface area contributed by atoms with Crippen molar-refractivity contribution in [3.05, 3.63) is 131 Å². The molecule has 4 aromatic carbocycles. The maximum atomic E-state index is 13.6. The van der Waals surface area contributed by atoms with Crippen LogP contribution in [0.3, 0.4) is 0 Å². The number of hydrogen-bond donors (Lipinski definition) is 1. The van der Waals surface area contributed by atoms with Crippen LogP contribution in [-0.2, 0) is 11.2 Å². The van der Waals surface area contributed by atoms with Crippen LogP contribution < -0.4 is 10.1 Å². The lowest BCUT2D eigenvalue weighted by molar-refractivity contribution is -0.122. The Morgan fingerprint density at radius 2 is 1.62 bits per heavy atom. The fraction of sp³-hybridized carbons (Fsp3) is 0.188. The number of carbonyl (C=O) groups is 2. The molecular formula is C32H30N2O3. The first kappa shape index (κ1) is 24.3. The predicted molar refractivity (Wildman–Crippen MR) is 146 cm³/mol. The highest BCUT2D eigenvalue weighted by Crippen LogP contribution is 2.38. The first-order valence-electron chi connectivity index (χ1n) is 12.6. The smallest absolute Gasteiger partial charge is 0.265 e. The highest BCUT2D eigenvalue weighted by molar-refractivity contribution is 5.95. The van der Waals surface area contributed by atoms with Crippen molar-refractivity contribution in [1.29, 1.82) is 0 Å². The number of benzene rings is 4. The van der Waals surface area contributed by atoms with E-state index in [1.54, 1.807) is 6.92 Å². The average molecular weight is 491 g/mol. The molecule has 0 bridgehead atoms. The van der Waals surface area contributed by atoms with Crippen LogP contribution in [0.2, 0.25) is 0 Å². The quantitative estimate of drug-likeness (QED) is 0.351. The lowest BCUT2D eigenvalue weighted by Crippen LogP contribution is -2.40. The summed E-state index contributed by atoms with van der Waals surface area (Å²) in [4.78, 5) is 28.3. The van der Waals surface area contributed by atoms with E-state index in [1.165, 1.54) is 5.56 Å². The number of nitrogens with zero attached hydrogens (tertiary/aromatic N) is 1. The Bertz CT molecular complexity index is 1400. The van der Waals surface area contributed by atoms with Crippen molar-refractivity contribution in [1.82, 2.24) is 4.90 Å². The second-order valence-electron chi connectivity index (χ2n) is 9.41. The molecule has 0 saturated carbocycles. The summed E-state index contributed by atoms with van der Waals surface area (Å²) < 4.78 is 6.09. The number of aryl methyl sites for hydroxylation is 1. The Morgan fingerprint density at radius 3 is 2.35 bits per heavy atom. The van der Waals surface area contributed by atoms with Crippen LogP contribution in [0.4, 0.5) is 5.69 Å². The first-order chi connectivity index (χ1) is 18.0. The number of ether oxygens (including phenoxy) is 1. The summed E-state index contributed by atoms with van der Waals surface area (Å²) in [7, 11) is 0. The molecule has 0 radical (unpaired) electrons. The van der Waals surface area contributed by atoms with Crippen molar-refractivity contribution in [2.24, 2.45) is 0 Å². The summed E-state index contributed by atoms with van der Waals surface area (Å²) in [5.74, 6) is 0.376. The normalized spacial score (nSPS) is 15.4. The fourth-order valence-electron chi connectivity index (χ4n) is 4.85. The Labute approximate surface area is 217 Å². The highest BCUT2D eigenvalue weighted by Gasteiger charge is 2.33. The van der Waals surface area contributed by atoms with Crippen molar-refractivity contribution >= 4 is 17.5 Å². The third kappa shape index (κ3) is 5.41. The molecule has 186 valence electrons. The van der Waals surface area contributed by atoms with Crippen LogP contribution in [0.25, 0.3) is 0 Å². The number of hydrogen-bond acceptors (Lipinski definition) is 3. The molecule has 2 atom stereocenters. The Balaban J connectivity index is 1.46. The average Bonchev–Trinajstić information content (AvgIpc) is 2.93. The zero-order valence-electron chi connectivity index (χ0n) is 21.1. The van der Waals surface area contributed by atoms with E-state index in [4.69, 9.17) is 4.74 Å². The van der Waals surface area contributed by atoms with Gasteiger partial charge in [0.05, 0.1) is 6.04 Å². The van der Waals surface area contributed by atoms with Gasteiger partial charge in [0.25, 0.3) is 11.8 Å². The number of amides is 2. The summed E-state index contributed by atoms with van der Waals surface area (Å²) >= 11 is 0. The number of anilines is 1. The van der Waals surface area contributed by atoms with Crippen LogP contribution in [0.5, 0.6) is 5.75 Å². The van der Waals surface area contributed by atoms with Gasteiger partial charge in [-0.25, -0.2) is 0 Å². The van der Waals surface area contributed by atoms with Crippen LogP contribution in [0.15, 0.2) is 103 Å². The molecule has 0 spiro atoms. The number of para-hydroxylation sites is 1. The second-order valence-corrected chi connectivity index (χ2v) is 9.41. The number of rotatable bonds is 6.